The summed E-state index contributed by atoms with van der Waals surface area (Å²) in [5.41, 5.74) is 1.45. The highest BCUT2D eigenvalue weighted by Gasteiger charge is 2.31. The van der Waals surface area contributed by atoms with Crippen molar-refractivity contribution in [3.63, 3.8) is 0 Å². The lowest BCUT2D eigenvalue weighted by Crippen LogP contribution is -2.31. The van der Waals surface area contributed by atoms with Gasteiger partial charge in [-0.05, 0) is 43.2 Å². The van der Waals surface area contributed by atoms with Crippen LogP contribution in [0.3, 0.4) is 0 Å². The van der Waals surface area contributed by atoms with Gasteiger partial charge in [-0.3, -0.25) is 10.1 Å². The van der Waals surface area contributed by atoms with Crippen molar-refractivity contribution >= 4 is 11.5 Å². The van der Waals surface area contributed by atoms with Gasteiger partial charge in [0.25, 0.3) is 0 Å². The third kappa shape index (κ3) is 5.72. The van der Waals surface area contributed by atoms with Gasteiger partial charge in [0.2, 0.25) is 5.82 Å². The van der Waals surface area contributed by atoms with Crippen LogP contribution in [-0.4, -0.2) is 29.4 Å². The largest absolute Gasteiger partial charge is 0.573 e. The smallest absolute Gasteiger partial charge is 0.406 e. The Hall–Kier alpha value is -3.54. The van der Waals surface area contributed by atoms with Crippen LogP contribution in [0.1, 0.15) is 18.4 Å². The van der Waals surface area contributed by atoms with E-state index < -0.39 is 11.3 Å². The molecule has 2 aromatic rings. The molecule has 0 amide bonds. The number of nitro groups is 1. The van der Waals surface area contributed by atoms with Gasteiger partial charge in [0.1, 0.15) is 5.75 Å². The van der Waals surface area contributed by atoms with E-state index in [2.05, 4.69) is 21.6 Å². The highest BCUT2D eigenvalue weighted by Crippen LogP contribution is 2.28. The fourth-order valence-electron chi connectivity index (χ4n) is 2.92. The Morgan fingerprint density at radius 3 is 2.66 bits per heavy atom. The zero-order chi connectivity index (χ0) is 20.9. The normalized spacial score (nSPS) is 14.0. The molecule has 150 valence electrons. The molecule has 9 heteroatoms. The summed E-state index contributed by atoms with van der Waals surface area (Å²) in [7, 11) is 0. The van der Waals surface area contributed by atoms with Crippen LogP contribution in [0, 0.1) is 22.0 Å². The highest BCUT2D eigenvalue weighted by atomic mass is 19.4. The topological polar surface area (TPSA) is 68.5 Å². The number of nitrogens with zero attached hydrogens (tertiary/aromatic N) is 3. The molecule has 1 aromatic heterocycles. The number of pyridine rings is 1. The summed E-state index contributed by atoms with van der Waals surface area (Å²) in [6.45, 7) is 1.14. The SMILES string of the molecule is O=[N+]([O-])c1cccnc1N1CCC(=CC#Cc2cccc(OC(F)(F)F)c2)CC1. The minimum Gasteiger partial charge on any atom is -0.406 e. The van der Waals surface area contributed by atoms with Gasteiger partial charge in [0, 0.05) is 30.9 Å². The number of alkyl halides is 3. The first-order chi connectivity index (χ1) is 13.8. The van der Waals surface area contributed by atoms with Crippen molar-refractivity contribution in [2.75, 3.05) is 18.0 Å². The van der Waals surface area contributed by atoms with E-state index in [0.717, 1.165) is 5.57 Å². The van der Waals surface area contributed by atoms with Crippen LogP contribution in [0.15, 0.2) is 54.2 Å². The van der Waals surface area contributed by atoms with E-state index in [-0.39, 0.29) is 11.4 Å². The summed E-state index contributed by atoms with van der Waals surface area (Å²) >= 11 is 0. The van der Waals surface area contributed by atoms with Gasteiger partial charge in [0.15, 0.2) is 0 Å². The van der Waals surface area contributed by atoms with Crippen molar-refractivity contribution in [1.29, 1.82) is 0 Å². The molecule has 0 bridgehead atoms. The van der Waals surface area contributed by atoms with Crippen LogP contribution in [0.5, 0.6) is 5.75 Å². The first-order valence-corrected chi connectivity index (χ1v) is 8.71. The zero-order valence-corrected chi connectivity index (χ0v) is 15.1. The van der Waals surface area contributed by atoms with Crippen molar-refractivity contribution in [2.45, 2.75) is 19.2 Å². The Bertz CT molecular complexity index is 983. The van der Waals surface area contributed by atoms with Crippen LogP contribution in [0.25, 0.3) is 0 Å². The van der Waals surface area contributed by atoms with Crippen molar-refractivity contribution in [2.24, 2.45) is 0 Å². The molecule has 0 atom stereocenters. The second-order valence-electron chi connectivity index (χ2n) is 6.24. The van der Waals surface area contributed by atoms with E-state index in [1.165, 1.54) is 36.5 Å². The number of hydrogen-bond acceptors (Lipinski definition) is 5. The number of ether oxygens (including phenoxy) is 1. The van der Waals surface area contributed by atoms with Gasteiger partial charge in [-0.25, -0.2) is 4.98 Å². The number of piperidine rings is 1. The van der Waals surface area contributed by atoms with Gasteiger partial charge in [-0.15, -0.1) is 13.2 Å². The fraction of sp³-hybridized carbons (Fsp3) is 0.250. The number of hydrogen-bond donors (Lipinski definition) is 0. The first-order valence-electron chi connectivity index (χ1n) is 8.71. The molecule has 3 rings (SSSR count). The van der Waals surface area contributed by atoms with Gasteiger partial charge in [-0.2, -0.15) is 0 Å². The van der Waals surface area contributed by atoms with E-state index in [1.54, 1.807) is 12.1 Å². The molecule has 0 N–H and O–H groups in total. The number of halogens is 3. The maximum Gasteiger partial charge on any atom is 0.573 e. The highest BCUT2D eigenvalue weighted by molar-refractivity contribution is 5.58. The van der Waals surface area contributed by atoms with E-state index >= 15 is 0 Å². The number of anilines is 1. The summed E-state index contributed by atoms with van der Waals surface area (Å²) in [4.78, 5) is 16.7. The molecular weight excluding hydrogens is 387 g/mol. The summed E-state index contributed by atoms with van der Waals surface area (Å²) in [5.74, 6) is 5.68. The molecule has 1 fully saturated rings. The van der Waals surface area contributed by atoms with Gasteiger partial charge >= 0.3 is 12.0 Å². The predicted octanol–water partition coefficient (Wildman–Crippen LogP) is 4.47. The lowest BCUT2D eigenvalue weighted by atomic mass is 10.0. The van der Waals surface area contributed by atoms with Gasteiger partial charge < -0.3 is 9.64 Å². The average molecular weight is 403 g/mol. The van der Waals surface area contributed by atoms with Crippen LogP contribution in [-0.2, 0) is 0 Å². The molecule has 0 spiro atoms. The molecule has 0 radical (unpaired) electrons. The molecule has 2 heterocycles. The van der Waals surface area contributed by atoms with Crippen LogP contribution in [0.2, 0.25) is 0 Å². The molecule has 1 aliphatic heterocycles. The first kappa shape index (κ1) is 20.2. The molecule has 1 aromatic carbocycles. The van der Waals surface area contributed by atoms with Gasteiger partial charge in [0.05, 0.1) is 4.92 Å². The van der Waals surface area contributed by atoms with E-state index in [0.29, 0.717) is 37.3 Å². The maximum atomic E-state index is 12.3. The van der Waals surface area contributed by atoms with Crippen LogP contribution >= 0.6 is 0 Å². The summed E-state index contributed by atoms with van der Waals surface area (Å²) in [6, 6.07) is 8.43. The summed E-state index contributed by atoms with van der Waals surface area (Å²) < 4.78 is 40.7. The molecule has 29 heavy (non-hydrogen) atoms. The third-order valence-corrected chi connectivity index (χ3v) is 4.23. The molecule has 0 aliphatic carbocycles. The van der Waals surface area contributed by atoms with Crippen LogP contribution in [0.4, 0.5) is 24.7 Å². The Balaban J connectivity index is 1.63. The number of allylic oxidation sites excluding steroid dienone is 1. The third-order valence-electron chi connectivity index (χ3n) is 4.23. The minimum atomic E-state index is -4.75. The Labute approximate surface area is 164 Å². The number of aromatic nitrogens is 1. The van der Waals surface area contributed by atoms with Crippen molar-refractivity contribution in [1.82, 2.24) is 4.98 Å². The fourth-order valence-corrected chi connectivity index (χ4v) is 2.92. The molecular formula is C20H16F3N3O3. The molecule has 0 saturated carbocycles. The molecule has 1 saturated heterocycles. The van der Waals surface area contributed by atoms with E-state index in [1.807, 2.05) is 4.90 Å². The van der Waals surface area contributed by atoms with Gasteiger partial charge in [-0.1, -0.05) is 23.5 Å². The van der Waals surface area contributed by atoms with E-state index in [4.69, 9.17) is 0 Å². The molecule has 1 aliphatic rings. The van der Waals surface area contributed by atoms with Crippen molar-refractivity contribution in [3.05, 3.63) is 69.9 Å². The number of benzene rings is 1. The lowest BCUT2D eigenvalue weighted by Gasteiger charge is -2.28. The van der Waals surface area contributed by atoms with Crippen LogP contribution < -0.4 is 9.64 Å². The standard InChI is InChI=1S/C20H16F3N3O3/c21-20(22,23)29-17-7-2-6-16(14-17)5-1-4-15-9-12-25(13-10-15)19-18(26(27)28)8-3-11-24-19/h2-4,6-8,11,14H,9-10,12-13H2. The quantitative estimate of drug-likeness (QED) is 0.430. The lowest BCUT2D eigenvalue weighted by molar-refractivity contribution is -0.384. The maximum absolute atomic E-state index is 12.3. The summed E-state index contributed by atoms with van der Waals surface area (Å²) in [5, 5.41) is 11.1. The summed E-state index contributed by atoms with van der Waals surface area (Å²) in [6.07, 6.45) is -0.152. The number of rotatable bonds is 3. The van der Waals surface area contributed by atoms with Crippen molar-refractivity contribution < 1.29 is 22.8 Å². The minimum absolute atomic E-state index is 0.0271. The molecule has 0 unspecified atom stereocenters. The average Bonchev–Trinajstić information content (AvgIpc) is 2.67. The molecule has 6 nitrogen and oxygen atoms in total. The predicted molar refractivity (Wildman–Crippen MR) is 100 cm³/mol. The second-order valence-corrected chi connectivity index (χ2v) is 6.24. The monoisotopic (exact) mass is 403 g/mol. The Kier molecular flexibility index (Phi) is 6.02. The second kappa shape index (κ2) is 8.65. The Morgan fingerprint density at radius 1 is 1.21 bits per heavy atom. The van der Waals surface area contributed by atoms with E-state index in [9.17, 15) is 23.3 Å². The van der Waals surface area contributed by atoms with Crippen molar-refractivity contribution in [3.8, 4) is 17.6 Å². The Morgan fingerprint density at radius 2 is 1.97 bits per heavy atom. The zero-order valence-electron chi connectivity index (χ0n) is 15.1.